The van der Waals surface area contributed by atoms with Crippen molar-refractivity contribution in [1.29, 1.82) is 0 Å². The zero-order chi connectivity index (χ0) is 12.8. The van der Waals surface area contributed by atoms with Gasteiger partial charge in [-0.15, -0.1) is 0 Å². The molecule has 1 N–H and O–H groups in total. The van der Waals surface area contributed by atoms with Gasteiger partial charge in [0.1, 0.15) is 0 Å². The minimum absolute atomic E-state index is 0.0126. The molecule has 0 aliphatic heterocycles. The molecular weight excluding hydrogens is 220 g/mol. The maximum atomic E-state index is 11.7. The van der Waals surface area contributed by atoms with Crippen molar-refractivity contribution < 1.29 is 14.7 Å². The topological polar surface area (TPSA) is 70.5 Å². The number of nitrogens with zero attached hydrogens (tertiary/aromatic N) is 2. The van der Waals surface area contributed by atoms with Crippen LogP contribution in [0.4, 0.5) is 0 Å². The van der Waals surface area contributed by atoms with E-state index in [-0.39, 0.29) is 12.3 Å². The van der Waals surface area contributed by atoms with Crippen LogP contribution in [0.25, 0.3) is 0 Å². The third kappa shape index (κ3) is 4.22. The SMILES string of the molecule is CC(CC(=O)N(C)Cc1ccccn1)C(=O)O. The van der Waals surface area contributed by atoms with Crippen molar-refractivity contribution in [2.24, 2.45) is 5.92 Å². The van der Waals surface area contributed by atoms with E-state index in [1.165, 1.54) is 11.8 Å². The number of carboxylic acid groups (broad SMARTS) is 1. The van der Waals surface area contributed by atoms with Crippen LogP contribution in [0.15, 0.2) is 24.4 Å². The molecule has 17 heavy (non-hydrogen) atoms. The van der Waals surface area contributed by atoms with Crippen molar-refractivity contribution in [3.8, 4) is 0 Å². The summed E-state index contributed by atoms with van der Waals surface area (Å²) < 4.78 is 0. The van der Waals surface area contributed by atoms with E-state index in [0.29, 0.717) is 6.54 Å². The van der Waals surface area contributed by atoms with Gasteiger partial charge in [-0.05, 0) is 12.1 Å². The number of rotatable bonds is 5. The predicted octanol–water partition coefficient (Wildman–Crippen LogP) is 1.15. The Labute approximate surface area is 100 Å². The molecule has 0 spiro atoms. The fourth-order valence-electron chi connectivity index (χ4n) is 1.33. The highest BCUT2D eigenvalue weighted by atomic mass is 16.4. The van der Waals surface area contributed by atoms with Crippen molar-refractivity contribution >= 4 is 11.9 Å². The van der Waals surface area contributed by atoms with Crippen molar-refractivity contribution in [1.82, 2.24) is 9.88 Å². The second kappa shape index (κ2) is 5.98. The van der Waals surface area contributed by atoms with Gasteiger partial charge < -0.3 is 10.0 Å². The third-order valence-electron chi connectivity index (χ3n) is 2.45. The molecular formula is C12H16N2O3. The maximum absolute atomic E-state index is 11.7. The molecule has 0 saturated carbocycles. The molecule has 0 saturated heterocycles. The standard InChI is InChI=1S/C12H16N2O3/c1-9(12(16)17)7-11(15)14(2)8-10-5-3-4-6-13-10/h3-6,9H,7-8H2,1-2H3,(H,16,17). The van der Waals surface area contributed by atoms with E-state index in [4.69, 9.17) is 5.11 Å². The van der Waals surface area contributed by atoms with Gasteiger partial charge in [0.05, 0.1) is 18.2 Å². The molecule has 1 atom stereocenters. The van der Waals surface area contributed by atoms with Gasteiger partial charge in [-0.2, -0.15) is 0 Å². The van der Waals surface area contributed by atoms with E-state index >= 15 is 0 Å². The summed E-state index contributed by atoms with van der Waals surface area (Å²) in [4.78, 5) is 27.9. The molecule has 0 aliphatic rings. The highest BCUT2D eigenvalue weighted by Gasteiger charge is 2.18. The largest absolute Gasteiger partial charge is 0.481 e. The van der Waals surface area contributed by atoms with Crippen molar-refractivity contribution in [3.05, 3.63) is 30.1 Å². The van der Waals surface area contributed by atoms with E-state index in [0.717, 1.165) is 5.69 Å². The van der Waals surface area contributed by atoms with Gasteiger partial charge >= 0.3 is 5.97 Å². The molecule has 1 amide bonds. The van der Waals surface area contributed by atoms with E-state index in [9.17, 15) is 9.59 Å². The van der Waals surface area contributed by atoms with E-state index in [2.05, 4.69) is 4.98 Å². The first-order chi connectivity index (χ1) is 8.00. The number of carbonyl (C=O) groups is 2. The lowest BCUT2D eigenvalue weighted by molar-refractivity contribution is -0.145. The minimum Gasteiger partial charge on any atom is -0.481 e. The van der Waals surface area contributed by atoms with Crippen LogP contribution in [0.5, 0.6) is 0 Å². The first-order valence-corrected chi connectivity index (χ1v) is 5.37. The third-order valence-corrected chi connectivity index (χ3v) is 2.45. The Morgan fingerprint density at radius 1 is 1.47 bits per heavy atom. The van der Waals surface area contributed by atoms with Crippen LogP contribution in [0.3, 0.4) is 0 Å². The molecule has 92 valence electrons. The second-order valence-electron chi connectivity index (χ2n) is 4.01. The smallest absolute Gasteiger partial charge is 0.306 e. The van der Waals surface area contributed by atoms with Gasteiger partial charge in [-0.25, -0.2) is 0 Å². The number of amides is 1. The summed E-state index contributed by atoms with van der Waals surface area (Å²) in [6, 6.07) is 5.47. The fourth-order valence-corrected chi connectivity index (χ4v) is 1.33. The number of aromatic nitrogens is 1. The Hall–Kier alpha value is -1.91. The highest BCUT2D eigenvalue weighted by molar-refractivity contribution is 5.81. The number of aliphatic carboxylic acids is 1. The average Bonchev–Trinajstić information content (AvgIpc) is 2.29. The Bertz CT molecular complexity index is 392. The van der Waals surface area contributed by atoms with Crippen LogP contribution in [0, 0.1) is 5.92 Å². The molecule has 5 nitrogen and oxygen atoms in total. The lowest BCUT2D eigenvalue weighted by Gasteiger charge is -2.17. The van der Waals surface area contributed by atoms with Gasteiger partial charge in [0.2, 0.25) is 5.91 Å². The van der Waals surface area contributed by atoms with Crippen molar-refractivity contribution in [2.45, 2.75) is 19.9 Å². The first-order valence-electron chi connectivity index (χ1n) is 5.37. The molecule has 1 unspecified atom stereocenters. The van der Waals surface area contributed by atoms with Crippen LogP contribution in [-0.4, -0.2) is 33.9 Å². The molecule has 0 aliphatic carbocycles. The molecule has 1 heterocycles. The van der Waals surface area contributed by atoms with Crippen LogP contribution in [-0.2, 0) is 16.1 Å². The monoisotopic (exact) mass is 236 g/mol. The second-order valence-corrected chi connectivity index (χ2v) is 4.01. The number of pyridine rings is 1. The van der Waals surface area contributed by atoms with E-state index in [1.807, 2.05) is 12.1 Å². The normalized spacial score (nSPS) is 11.9. The molecule has 0 bridgehead atoms. The Morgan fingerprint density at radius 2 is 2.18 bits per heavy atom. The van der Waals surface area contributed by atoms with Crippen LogP contribution < -0.4 is 0 Å². The van der Waals surface area contributed by atoms with Crippen molar-refractivity contribution in [2.75, 3.05) is 7.05 Å². The lowest BCUT2D eigenvalue weighted by Crippen LogP contribution is -2.29. The molecule has 0 aromatic carbocycles. The van der Waals surface area contributed by atoms with E-state index in [1.54, 1.807) is 19.3 Å². The van der Waals surface area contributed by atoms with Gasteiger partial charge in [0.25, 0.3) is 0 Å². The quantitative estimate of drug-likeness (QED) is 0.832. The Kier molecular flexibility index (Phi) is 4.63. The Balaban J connectivity index is 2.50. The van der Waals surface area contributed by atoms with Crippen LogP contribution in [0.1, 0.15) is 19.0 Å². The zero-order valence-corrected chi connectivity index (χ0v) is 9.96. The summed E-state index contributed by atoms with van der Waals surface area (Å²) in [6.45, 7) is 1.92. The highest BCUT2D eigenvalue weighted by Crippen LogP contribution is 2.07. The average molecular weight is 236 g/mol. The summed E-state index contributed by atoms with van der Waals surface area (Å²) in [5.41, 5.74) is 0.784. The molecule has 0 radical (unpaired) electrons. The van der Waals surface area contributed by atoms with E-state index < -0.39 is 11.9 Å². The summed E-state index contributed by atoms with van der Waals surface area (Å²) in [7, 11) is 1.64. The number of carboxylic acids is 1. The van der Waals surface area contributed by atoms with Gasteiger partial charge in [-0.3, -0.25) is 14.6 Å². The summed E-state index contributed by atoms with van der Waals surface area (Å²) in [5.74, 6) is -1.80. The molecule has 5 heteroatoms. The molecule has 1 aromatic heterocycles. The van der Waals surface area contributed by atoms with Crippen LogP contribution >= 0.6 is 0 Å². The zero-order valence-electron chi connectivity index (χ0n) is 9.96. The molecule has 0 fully saturated rings. The number of hydrogen-bond acceptors (Lipinski definition) is 3. The fraction of sp³-hybridized carbons (Fsp3) is 0.417. The van der Waals surface area contributed by atoms with Gasteiger partial charge in [-0.1, -0.05) is 13.0 Å². The summed E-state index contributed by atoms with van der Waals surface area (Å²) >= 11 is 0. The van der Waals surface area contributed by atoms with Gasteiger partial charge in [0, 0.05) is 19.7 Å². The van der Waals surface area contributed by atoms with Gasteiger partial charge in [0.15, 0.2) is 0 Å². The first kappa shape index (κ1) is 13.2. The summed E-state index contributed by atoms with van der Waals surface area (Å²) in [5, 5.41) is 8.72. The number of hydrogen-bond donors (Lipinski definition) is 1. The van der Waals surface area contributed by atoms with Crippen molar-refractivity contribution in [3.63, 3.8) is 0 Å². The maximum Gasteiger partial charge on any atom is 0.306 e. The molecule has 1 aromatic rings. The Morgan fingerprint density at radius 3 is 2.71 bits per heavy atom. The minimum atomic E-state index is -0.954. The summed E-state index contributed by atoms with van der Waals surface area (Å²) in [6.07, 6.45) is 1.67. The van der Waals surface area contributed by atoms with Crippen LogP contribution in [0.2, 0.25) is 0 Å². The lowest BCUT2D eigenvalue weighted by atomic mass is 10.1. The predicted molar refractivity (Wildman–Crippen MR) is 62.1 cm³/mol. The number of carbonyl (C=O) groups excluding carboxylic acids is 1. The molecule has 1 rings (SSSR count).